The highest BCUT2D eigenvalue weighted by Gasteiger charge is 2.41. The molecular weight excluding hydrogens is 262 g/mol. The monoisotopic (exact) mass is 293 g/mol. The van der Waals surface area contributed by atoms with Gasteiger partial charge in [-0.3, -0.25) is 0 Å². The van der Waals surface area contributed by atoms with Gasteiger partial charge in [0.15, 0.2) is 0 Å². The Hall–Kier alpha value is -0.870. The van der Waals surface area contributed by atoms with Crippen molar-refractivity contribution in [1.29, 1.82) is 0 Å². The van der Waals surface area contributed by atoms with Crippen molar-refractivity contribution < 1.29 is 4.74 Å². The molecular formula is C17H31N3O. The number of nitrogens with zero attached hydrogens (tertiary/aromatic N) is 2. The van der Waals surface area contributed by atoms with E-state index in [1.54, 1.807) is 0 Å². The second-order valence-electron chi connectivity index (χ2n) is 6.20. The molecule has 0 saturated heterocycles. The number of hydrogen-bond donors (Lipinski definition) is 1. The van der Waals surface area contributed by atoms with Gasteiger partial charge in [0.05, 0.1) is 5.60 Å². The molecule has 0 spiro atoms. The lowest BCUT2D eigenvalue weighted by Crippen LogP contribution is -2.51. The molecule has 120 valence electrons. The quantitative estimate of drug-likeness (QED) is 0.760. The lowest BCUT2D eigenvalue weighted by Gasteiger charge is -2.38. The average Bonchev–Trinajstić information content (AvgIpc) is 3.10. The van der Waals surface area contributed by atoms with Crippen LogP contribution in [0.2, 0.25) is 0 Å². The predicted octanol–water partition coefficient (Wildman–Crippen LogP) is 3.07. The van der Waals surface area contributed by atoms with Crippen LogP contribution in [0.4, 0.5) is 0 Å². The first kappa shape index (κ1) is 16.5. The molecule has 1 fully saturated rings. The lowest BCUT2D eigenvalue weighted by molar-refractivity contribution is -0.0631. The van der Waals surface area contributed by atoms with E-state index in [1.165, 1.54) is 37.9 Å². The summed E-state index contributed by atoms with van der Waals surface area (Å²) in [7, 11) is 2.07. The van der Waals surface area contributed by atoms with Crippen molar-refractivity contribution in [3.63, 3.8) is 0 Å². The molecule has 2 rings (SSSR count). The van der Waals surface area contributed by atoms with Gasteiger partial charge in [0.2, 0.25) is 0 Å². The summed E-state index contributed by atoms with van der Waals surface area (Å²) >= 11 is 0. The molecule has 0 aliphatic heterocycles. The zero-order valence-electron chi connectivity index (χ0n) is 13.9. The Labute approximate surface area is 129 Å². The van der Waals surface area contributed by atoms with E-state index in [0.717, 1.165) is 26.0 Å². The summed E-state index contributed by atoms with van der Waals surface area (Å²) in [5, 5.41) is 3.76. The Morgan fingerprint density at radius 1 is 1.38 bits per heavy atom. The Bertz CT molecular complexity index is 410. The van der Waals surface area contributed by atoms with Crippen LogP contribution >= 0.6 is 0 Å². The normalized spacial score (nSPS) is 19.0. The molecule has 0 aromatic carbocycles. The second-order valence-corrected chi connectivity index (χ2v) is 6.20. The van der Waals surface area contributed by atoms with Crippen molar-refractivity contribution in [2.24, 2.45) is 7.05 Å². The van der Waals surface area contributed by atoms with Gasteiger partial charge < -0.3 is 14.6 Å². The largest absolute Gasteiger partial charge is 0.374 e. The van der Waals surface area contributed by atoms with Crippen molar-refractivity contribution in [2.45, 2.75) is 70.4 Å². The molecule has 0 bridgehead atoms. The molecule has 21 heavy (non-hydrogen) atoms. The van der Waals surface area contributed by atoms with E-state index < -0.39 is 0 Å². The van der Waals surface area contributed by atoms with Crippen LogP contribution in [0.15, 0.2) is 12.4 Å². The van der Waals surface area contributed by atoms with Crippen LogP contribution in [0.5, 0.6) is 0 Å². The fourth-order valence-corrected chi connectivity index (χ4v) is 3.63. The van der Waals surface area contributed by atoms with Crippen molar-refractivity contribution in [1.82, 2.24) is 14.9 Å². The van der Waals surface area contributed by atoms with Crippen LogP contribution in [0.3, 0.4) is 0 Å². The van der Waals surface area contributed by atoms with Gasteiger partial charge in [-0.15, -0.1) is 0 Å². The topological polar surface area (TPSA) is 39.1 Å². The summed E-state index contributed by atoms with van der Waals surface area (Å²) in [4.78, 5) is 4.46. The molecule has 1 N–H and O–H groups in total. The Morgan fingerprint density at radius 3 is 2.71 bits per heavy atom. The molecule has 4 heteroatoms. The fraction of sp³-hybridized carbons (Fsp3) is 0.824. The van der Waals surface area contributed by atoms with Gasteiger partial charge >= 0.3 is 0 Å². The minimum absolute atomic E-state index is 0.0507. The molecule has 4 nitrogen and oxygen atoms in total. The van der Waals surface area contributed by atoms with Crippen LogP contribution < -0.4 is 5.32 Å². The number of hydrogen-bond acceptors (Lipinski definition) is 3. The fourth-order valence-electron chi connectivity index (χ4n) is 3.63. The third kappa shape index (κ3) is 4.07. The molecule has 1 aromatic rings. The maximum Gasteiger partial charge on any atom is 0.108 e. The van der Waals surface area contributed by atoms with Crippen LogP contribution in [0.25, 0.3) is 0 Å². The Morgan fingerprint density at radius 2 is 2.14 bits per heavy atom. The molecule has 1 heterocycles. The van der Waals surface area contributed by atoms with E-state index >= 15 is 0 Å². The second kappa shape index (κ2) is 7.95. The zero-order valence-corrected chi connectivity index (χ0v) is 13.9. The maximum atomic E-state index is 6.26. The van der Waals surface area contributed by atoms with Gasteiger partial charge in [0.1, 0.15) is 5.82 Å². The van der Waals surface area contributed by atoms with Gasteiger partial charge in [-0.1, -0.05) is 19.8 Å². The Balaban J connectivity index is 2.03. The smallest absolute Gasteiger partial charge is 0.108 e. The summed E-state index contributed by atoms with van der Waals surface area (Å²) < 4.78 is 8.38. The van der Waals surface area contributed by atoms with Crippen LogP contribution in [-0.2, 0) is 18.2 Å². The molecule has 1 saturated carbocycles. The van der Waals surface area contributed by atoms with Crippen LogP contribution in [-0.4, -0.2) is 34.3 Å². The molecule has 1 aliphatic rings. The summed E-state index contributed by atoms with van der Waals surface area (Å²) in [5.41, 5.74) is 0.0507. The first-order valence-corrected chi connectivity index (χ1v) is 8.55. The third-order valence-electron chi connectivity index (χ3n) is 4.74. The third-order valence-corrected chi connectivity index (χ3v) is 4.74. The van der Waals surface area contributed by atoms with Gasteiger partial charge in [-0.2, -0.15) is 0 Å². The highest BCUT2D eigenvalue weighted by atomic mass is 16.5. The molecule has 0 amide bonds. The molecule has 1 aliphatic carbocycles. The first-order chi connectivity index (χ1) is 10.2. The number of ether oxygens (including phenoxy) is 1. The number of nitrogens with one attached hydrogen (secondary N) is 1. The standard InChI is InChI=1S/C17H31N3O/c1-4-12-18-15(8-9-16-19-13-14-20(16)3)17(21-5-2)10-6-7-11-17/h13-15,18H,4-12H2,1-3H3. The molecule has 1 aromatic heterocycles. The van der Waals surface area contributed by atoms with E-state index in [4.69, 9.17) is 4.74 Å². The number of aryl methyl sites for hydroxylation is 2. The summed E-state index contributed by atoms with van der Waals surface area (Å²) in [6, 6.07) is 0.441. The zero-order chi connectivity index (χ0) is 15.1. The summed E-state index contributed by atoms with van der Waals surface area (Å²) in [6.07, 6.45) is 12.2. The van der Waals surface area contributed by atoms with Crippen molar-refractivity contribution in [3.05, 3.63) is 18.2 Å². The average molecular weight is 293 g/mol. The van der Waals surface area contributed by atoms with Gasteiger partial charge in [-0.05, 0) is 39.2 Å². The first-order valence-electron chi connectivity index (χ1n) is 8.55. The highest BCUT2D eigenvalue weighted by Crippen LogP contribution is 2.37. The summed E-state index contributed by atoms with van der Waals surface area (Å²) in [5.74, 6) is 1.17. The Kier molecular flexibility index (Phi) is 6.24. The van der Waals surface area contributed by atoms with Gasteiger partial charge in [0, 0.05) is 38.5 Å². The highest BCUT2D eigenvalue weighted by molar-refractivity contribution is 5.00. The lowest BCUT2D eigenvalue weighted by atomic mass is 9.88. The number of rotatable bonds is 9. The minimum Gasteiger partial charge on any atom is -0.374 e. The molecule has 1 atom stereocenters. The number of aromatic nitrogens is 2. The van der Waals surface area contributed by atoms with E-state index in [0.29, 0.717) is 6.04 Å². The molecule has 0 radical (unpaired) electrons. The van der Waals surface area contributed by atoms with E-state index in [-0.39, 0.29) is 5.60 Å². The predicted molar refractivity (Wildman–Crippen MR) is 86.4 cm³/mol. The minimum atomic E-state index is 0.0507. The maximum absolute atomic E-state index is 6.26. The van der Waals surface area contributed by atoms with Crippen LogP contribution in [0.1, 0.15) is 58.2 Å². The summed E-state index contributed by atoms with van der Waals surface area (Å²) in [6.45, 7) is 6.23. The van der Waals surface area contributed by atoms with Crippen LogP contribution in [0, 0.1) is 0 Å². The van der Waals surface area contributed by atoms with E-state index in [2.05, 4.69) is 35.8 Å². The van der Waals surface area contributed by atoms with Crippen molar-refractivity contribution in [3.8, 4) is 0 Å². The van der Waals surface area contributed by atoms with E-state index in [1.807, 2.05) is 12.4 Å². The molecule has 1 unspecified atom stereocenters. The van der Waals surface area contributed by atoms with Crippen molar-refractivity contribution in [2.75, 3.05) is 13.2 Å². The van der Waals surface area contributed by atoms with Gasteiger partial charge in [-0.25, -0.2) is 4.98 Å². The van der Waals surface area contributed by atoms with Crippen molar-refractivity contribution >= 4 is 0 Å². The SMILES string of the molecule is CCCNC(CCc1nccn1C)C1(OCC)CCCC1. The number of imidazole rings is 1. The van der Waals surface area contributed by atoms with E-state index in [9.17, 15) is 0 Å². The van der Waals surface area contributed by atoms with Gasteiger partial charge in [0.25, 0.3) is 0 Å².